The van der Waals surface area contributed by atoms with Crippen molar-refractivity contribution in [2.75, 3.05) is 32.3 Å². The molecule has 0 saturated heterocycles. The number of aromatic nitrogens is 2. The van der Waals surface area contributed by atoms with Gasteiger partial charge in [-0.15, -0.1) is 0 Å². The van der Waals surface area contributed by atoms with Crippen LogP contribution in [-0.2, 0) is 19.7 Å². The molecule has 2 aromatic heterocycles. The lowest BCUT2D eigenvalue weighted by Crippen LogP contribution is -2.52. The van der Waals surface area contributed by atoms with E-state index in [4.69, 9.17) is 23.9 Å². The van der Waals surface area contributed by atoms with Gasteiger partial charge in [0.15, 0.2) is 5.89 Å². The Hall–Kier alpha value is -3.72. The summed E-state index contributed by atoms with van der Waals surface area (Å²) < 4.78 is 16.3. The summed E-state index contributed by atoms with van der Waals surface area (Å²) in [5.41, 5.74) is 4.60. The van der Waals surface area contributed by atoms with E-state index in [2.05, 4.69) is 30.4 Å². The maximum atomic E-state index is 14.5. The van der Waals surface area contributed by atoms with E-state index in [0.717, 1.165) is 99.9 Å². The van der Waals surface area contributed by atoms with E-state index < -0.39 is 0 Å². The second-order valence-corrected chi connectivity index (χ2v) is 14.7. The van der Waals surface area contributed by atoms with Gasteiger partial charge >= 0.3 is 0 Å². The van der Waals surface area contributed by atoms with Gasteiger partial charge in [-0.25, -0.2) is 9.97 Å². The van der Waals surface area contributed by atoms with Gasteiger partial charge in [0.05, 0.1) is 7.11 Å². The molecule has 2 bridgehead atoms. The molecule has 9 nitrogen and oxygen atoms in total. The smallest absolute Gasteiger partial charge is 0.246 e. The first-order valence-corrected chi connectivity index (χ1v) is 17.5. The van der Waals surface area contributed by atoms with Gasteiger partial charge in [0, 0.05) is 43.3 Å². The van der Waals surface area contributed by atoms with Crippen molar-refractivity contribution in [2.45, 2.75) is 101 Å². The zero-order valence-corrected chi connectivity index (χ0v) is 28.1. The van der Waals surface area contributed by atoms with E-state index in [1.807, 2.05) is 17.0 Å². The molecule has 5 saturated carbocycles. The Morgan fingerprint density at radius 3 is 2.38 bits per heavy atom. The monoisotopic (exact) mass is 640 g/mol. The highest BCUT2D eigenvalue weighted by Crippen LogP contribution is 2.58. The third kappa shape index (κ3) is 6.56. The van der Waals surface area contributed by atoms with Gasteiger partial charge in [-0.05, 0) is 124 Å². The fourth-order valence-corrected chi connectivity index (χ4v) is 8.52. The molecule has 47 heavy (non-hydrogen) atoms. The maximum absolute atomic E-state index is 14.5. The Morgan fingerprint density at radius 2 is 1.72 bits per heavy atom. The summed E-state index contributed by atoms with van der Waals surface area (Å²) in [6.07, 6.45) is 15.5. The summed E-state index contributed by atoms with van der Waals surface area (Å²) in [6, 6.07) is 10.8. The van der Waals surface area contributed by atoms with Crippen molar-refractivity contribution < 1.29 is 23.5 Å². The topological polar surface area (TPSA) is 107 Å². The van der Waals surface area contributed by atoms with Crippen molar-refractivity contribution in [1.82, 2.24) is 15.3 Å². The summed E-state index contributed by atoms with van der Waals surface area (Å²) in [5, 5.41) is 3.07. The molecule has 2 heterocycles. The van der Waals surface area contributed by atoms with Crippen LogP contribution in [0.5, 0.6) is 5.75 Å². The summed E-state index contributed by atoms with van der Waals surface area (Å²) >= 11 is 0. The summed E-state index contributed by atoms with van der Waals surface area (Å²) in [4.78, 5) is 38.3. The van der Waals surface area contributed by atoms with Crippen molar-refractivity contribution in [3.05, 3.63) is 59.8 Å². The van der Waals surface area contributed by atoms with Crippen LogP contribution in [-0.4, -0.2) is 55.2 Å². The molecular formula is C38H48N4O5. The number of hydrogen-bond acceptors (Lipinski definition) is 7. The quantitative estimate of drug-likeness (QED) is 0.244. The molecule has 0 atom stereocenters. The minimum absolute atomic E-state index is 0.0593. The van der Waals surface area contributed by atoms with Crippen LogP contribution in [0.4, 0.5) is 5.82 Å². The Balaban J connectivity index is 1.11. The van der Waals surface area contributed by atoms with Crippen LogP contribution in [0, 0.1) is 18.3 Å². The number of carbonyl (C=O) groups excluding carboxylic acids is 2. The first-order valence-electron chi connectivity index (χ1n) is 17.5. The molecule has 0 spiro atoms. The third-order valence-corrected chi connectivity index (χ3v) is 11.7. The lowest BCUT2D eigenvalue weighted by Gasteiger charge is -2.55. The molecule has 5 fully saturated rings. The second-order valence-electron chi connectivity index (χ2n) is 14.7. The molecular weight excluding hydrogens is 592 g/mol. The number of amides is 2. The van der Waals surface area contributed by atoms with Crippen molar-refractivity contribution in [3.63, 3.8) is 0 Å². The van der Waals surface area contributed by atoms with Gasteiger partial charge in [0.25, 0.3) is 0 Å². The number of hydrogen-bond donors (Lipinski definition) is 1. The number of nitrogens with zero attached hydrogens (tertiary/aromatic N) is 3. The minimum atomic E-state index is -0.102. The fraction of sp³-hybridized carbons (Fsp3) is 0.579. The Labute approximate surface area is 277 Å². The lowest BCUT2D eigenvalue weighted by atomic mass is 9.51. The fourth-order valence-electron chi connectivity index (χ4n) is 8.52. The number of anilines is 1. The largest absolute Gasteiger partial charge is 0.496 e. The summed E-state index contributed by atoms with van der Waals surface area (Å²) in [7, 11) is 3.26. The molecule has 2 amide bonds. The van der Waals surface area contributed by atoms with Crippen LogP contribution in [0.25, 0.3) is 11.3 Å². The third-order valence-electron chi connectivity index (χ3n) is 11.7. The van der Waals surface area contributed by atoms with E-state index in [-0.39, 0.29) is 41.2 Å². The van der Waals surface area contributed by atoms with Crippen molar-refractivity contribution in [1.29, 1.82) is 0 Å². The number of aryl methyl sites for hydroxylation is 1. The average molecular weight is 641 g/mol. The van der Waals surface area contributed by atoms with Crippen LogP contribution < -0.4 is 15.0 Å². The van der Waals surface area contributed by atoms with Crippen LogP contribution in [0.2, 0.25) is 0 Å². The standard InChI is InChI=1S/C38H48N4O5/c1-25-20-29(8-11-32(25)46-3)38-16-13-37(14-17-38,15-18-38)24-42(36(44)27-6-9-30(10-7-27)40-34(43)23-45-2)33-21-28(12-19-39-33)31-22-47-35(41-31)26-4-5-26/h8,11-12,19-22,26-27,30H,4-7,9-10,13-18,23-24H2,1-3H3,(H,40,43). The molecule has 0 unspecified atom stereocenters. The van der Waals surface area contributed by atoms with Gasteiger partial charge in [0.1, 0.15) is 30.1 Å². The highest BCUT2D eigenvalue weighted by Gasteiger charge is 2.51. The Morgan fingerprint density at radius 1 is 0.979 bits per heavy atom. The number of methoxy groups -OCH3 is 2. The number of fused-ring (bicyclic) bond motifs is 3. The summed E-state index contributed by atoms with van der Waals surface area (Å²) in [6.45, 7) is 2.87. The van der Waals surface area contributed by atoms with E-state index in [1.54, 1.807) is 19.6 Å². The number of rotatable bonds is 11. The zero-order valence-electron chi connectivity index (χ0n) is 28.1. The second kappa shape index (κ2) is 13.1. The number of oxazole rings is 1. The molecule has 5 aliphatic carbocycles. The molecule has 0 radical (unpaired) electrons. The van der Waals surface area contributed by atoms with E-state index >= 15 is 0 Å². The molecule has 1 N–H and O–H groups in total. The predicted molar refractivity (Wildman–Crippen MR) is 179 cm³/mol. The van der Waals surface area contributed by atoms with Gasteiger partial charge in [-0.1, -0.05) is 12.1 Å². The van der Waals surface area contributed by atoms with Gasteiger partial charge in [-0.3, -0.25) is 14.5 Å². The van der Waals surface area contributed by atoms with Crippen molar-refractivity contribution >= 4 is 17.6 Å². The van der Waals surface area contributed by atoms with Crippen LogP contribution in [0.1, 0.15) is 100.0 Å². The highest BCUT2D eigenvalue weighted by atomic mass is 16.5. The lowest BCUT2D eigenvalue weighted by molar-refractivity contribution is -0.126. The molecule has 9 heteroatoms. The van der Waals surface area contributed by atoms with Gasteiger partial charge in [0.2, 0.25) is 11.8 Å². The predicted octanol–water partition coefficient (Wildman–Crippen LogP) is 6.88. The van der Waals surface area contributed by atoms with Crippen molar-refractivity contribution in [2.24, 2.45) is 11.3 Å². The first kappa shape index (κ1) is 31.9. The van der Waals surface area contributed by atoms with Crippen LogP contribution in [0.15, 0.2) is 47.2 Å². The molecule has 5 aliphatic rings. The SMILES string of the molecule is COCC(=O)NC1CCC(C(=O)N(CC23CCC(c4ccc(OC)c(C)c4)(CC2)CC3)c2cc(-c3coc(C4CC4)n3)ccn2)CC1. The molecule has 1 aromatic carbocycles. The first-order chi connectivity index (χ1) is 22.8. The van der Waals surface area contributed by atoms with Crippen molar-refractivity contribution in [3.8, 4) is 17.0 Å². The number of carbonyl (C=O) groups is 2. The highest BCUT2D eigenvalue weighted by molar-refractivity contribution is 5.95. The molecule has 8 rings (SSSR count). The zero-order chi connectivity index (χ0) is 32.6. The number of benzene rings is 1. The number of ether oxygens (including phenoxy) is 2. The van der Waals surface area contributed by atoms with Gasteiger partial charge in [-0.2, -0.15) is 0 Å². The van der Waals surface area contributed by atoms with E-state index in [1.165, 1.54) is 18.2 Å². The Bertz CT molecular complexity index is 1580. The molecule has 250 valence electrons. The number of pyridine rings is 1. The van der Waals surface area contributed by atoms with E-state index in [0.29, 0.717) is 18.3 Å². The van der Waals surface area contributed by atoms with Gasteiger partial charge < -0.3 is 19.2 Å². The van der Waals surface area contributed by atoms with Crippen LogP contribution >= 0.6 is 0 Å². The minimum Gasteiger partial charge on any atom is -0.496 e. The number of nitrogens with one attached hydrogen (secondary N) is 1. The summed E-state index contributed by atoms with van der Waals surface area (Å²) in [5.74, 6) is 2.82. The normalized spacial score (nSPS) is 27.0. The molecule has 0 aliphatic heterocycles. The molecule has 3 aromatic rings. The average Bonchev–Trinajstić information content (AvgIpc) is 3.84. The van der Waals surface area contributed by atoms with Crippen LogP contribution in [0.3, 0.4) is 0 Å². The Kier molecular flexibility index (Phi) is 8.85. The van der Waals surface area contributed by atoms with E-state index in [9.17, 15) is 9.59 Å². The maximum Gasteiger partial charge on any atom is 0.246 e.